The number of halogens is 1. The minimum atomic E-state index is 0.734. The Balaban J connectivity index is 1.61. The molecular formula is C21H30ClN5O. The van der Waals surface area contributed by atoms with Crippen molar-refractivity contribution >= 4 is 17.6 Å². The molecule has 6 nitrogen and oxygen atoms in total. The molecule has 0 radical (unpaired) electrons. The van der Waals surface area contributed by atoms with Crippen molar-refractivity contribution in [2.45, 2.75) is 19.6 Å². The Bertz CT molecular complexity index is 798. The van der Waals surface area contributed by atoms with E-state index in [9.17, 15) is 0 Å². The van der Waals surface area contributed by atoms with Crippen molar-refractivity contribution in [2.24, 2.45) is 12.0 Å². The molecule has 0 amide bonds. The lowest BCUT2D eigenvalue weighted by atomic mass is 10.1. The van der Waals surface area contributed by atoms with Crippen molar-refractivity contribution in [3.63, 3.8) is 0 Å². The zero-order chi connectivity index (χ0) is 19.9. The van der Waals surface area contributed by atoms with Crippen LogP contribution in [0, 0.1) is 0 Å². The van der Waals surface area contributed by atoms with Crippen molar-refractivity contribution in [3.8, 4) is 0 Å². The number of rotatable bonds is 6. The van der Waals surface area contributed by atoms with Crippen LogP contribution in [0.2, 0.25) is 5.02 Å². The highest BCUT2D eigenvalue weighted by molar-refractivity contribution is 6.30. The van der Waals surface area contributed by atoms with Gasteiger partial charge in [-0.2, -0.15) is 0 Å². The van der Waals surface area contributed by atoms with E-state index >= 15 is 0 Å². The molecule has 7 heteroatoms. The molecule has 1 aliphatic rings. The van der Waals surface area contributed by atoms with Gasteiger partial charge < -0.3 is 19.5 Å². The number of hydrogen-bond donors (Lipinski definition) is 1. The molecule has 0 unspecified atom stereocenters. The van der Waals surface area contributed by atoms with Crippen LogP contribution < -0.4 is 5.32 Å². The number of morpholine rings is 1. The molecule has 1 aromatic heterocycles. The van der Waals surface area contributed by atoms with E-state index in [1.54, 1.807) is 0 Å². The van der Waals surface area contributed by atoms with E-state index in [-0.39, 0.29) is 0 Å². The summed E-state index contributed by atoms with van der Waals surface area (Å²) in [5, 5.41) is 4.26. The number of aryl methyl sites for hydroxylation is 1. The summed E-state index contributed by atoms with van der Waals surface area (Å²) in [6.45, 7) is 6.06. The van der Waals surface area contributed by atoms with E-state index in [1.165, 1.54) is 11.1 Å². The third-order valence-electron chi connectivity index (χ3n) is 5.10. The Morgan fingerprint density at radius 3 is 2.61 bits per heavy atom. The monoisotopic (exact) mass is 403 g/mol. The number of aromatic nitrogens is 1. The maximum absolute atomic E-state index is 6.10. The predicted octanol–water partition coefficient (Wildman–Crippen LogP) is 2.72. The zero-order valence-corrected chi connectivity index (χ0v) is 17.7. The third-order valence-corrected chi connectivity index (χ3v) is 5.31. The first-order chi connectivity index (χ1) is 13.6. The molecule has 152 valence electrons. The average molecular weight is 404 g/mol. The average Bonchev–Trinajstić information content (AvgIpc) is 3.01. The maximum Gasteiger partial charge on any atom is 0.194 e. The minimum Gasteiger partial charge on any atom is -0.379 e. The van der Waals surface area contributed by atoms with Crippen LogP contribution in [-0.4, -0.2) is 60.7 Å². The predicted molar refractivity (Wildman–Crippen MR) is 115 cm³/mol. The molecule has 3 rings (SSSR count). The van der Waals surface area contributed by atoms with Gasteiger partial charge in [-0.25, -0.2) is 0 Å². The molecule has 1 fully saturated rings. The number of benzene rings is 1. The van der Waals surface area contributed by atoms with Gasteiger partial charge in [0.2, 0.25) is 0 Å². The molecule has 2 heterocycles. The fourth-order valence-corrected chi connectivity index (χ4v) is 3.76. The van der Waals surface area contributed by atoms with Gasteiger partial charge in [0, 0.05) is 59.2 Å². The van der Waals surface area contributed by atoms with Crippen molar-refractivity contribution in [1.29, 1.82) is 0 Å². The second-order valence-electron chi connectivity index (χ2n) is 7.17. The van der Waals surface area contributed by atoms with E-state index in [0.717, 1.165) is 62.6 Å². The van der Waals surface area contributed by atoms with Gasteiger partial charge in [0.15, 0.2) is 5.96 Å². The highest BCUT2D eigenvalue weighted by atomic mass is 35.5. The molecule has 0 atom stereocenters. The Hall–Kier alpha value is -2.02. The first-order valence-corrected chi connectivity index (χ1v) is 10.0. The van der Waals surface area contributed by atoms with Crippen LogP contribution >= 0.6 is 11.6 Å². The lowest BCUT2D eigenvalue weighted by Gasteiger charge is -2.28. The summed E-state index contributed by atoms with van der Waals surface area (Å²) in [5.74, 6) is 0.860. The Morgan fingerprint density at radius 2 is 1.96 bits per heavy atom. The molecule has 1 aromatic carbocycles. The summed E-state index contributed by atoms with van der Waals surface area (Å²) in [6, 6.07) is 10.6. The Morgan fingerprint density at radius 1 is 1.25 bits per heavy atom. The quantitative estimate of drug-likeness (QED) is 0.595. The summed E-state index contributed by atoms with van der Waals surface area (Å²) in [6.07, 6.45) is 1.92. The fourth-order valence-electron chi connectivity index (χ4n) is 3.48. The van der Waals surface area contributed by atoms with E-state index in [2.05, 4.69) is 44.4 Å². The van der Waals surface area contributed by atoms with Crippen molar-refractivity contribution in [2.75, 3.05) is 40.4 Å². The van der Waals surface area contributed by atoms with Crippen LogP contribution in [0.25, 0.3) is 0 Å². The molecule has 1 aliphatic heterocycles. The summed E-state index contributed by atoms with van der Waals surface area (Å²) < 4.78 is 7.51. The summed E-state index contributed by atoms with van der Waals surface area (Å²) in [5.41, 5.74) is 3.79. The van der Waals surface area contributed by atoms with Gasteiger partial charge in [0.25, 0.3) is 0 Å². The van der Waals surface area contributed by atoms with Gasteiger partial charge >= 0.3 is 0 Å². The fraction of sp³-hybridized carbons (Fsp3) is 0.476. The minimum absolute atomic E-state index is 0.734. The molecule has 0 aliphatic carbocycles. The molecule has 28 heavy (non-hydrogen) atoms. The van der Waals surface area contributed by atoms with Crippen LogP contribution in [0.5, 0.6) is 0 Å². The van der Waals surface area contributed by atoms with Crippen LogP contribution in [0.15, 0.2) is 41.5 Å². The van der Waals surface area contributed by atoms with E-state index in [0.29, 0.717) is 0 Å². The summed E-state index contributed by atoms with van der Waals surface area (Å²) in [4.78, 5) is 9.00. The largest absolute Gasteiger partial charge is 0.379 e. The molecule has 2 aromatic rings. The van der Waals surface area contributed by atoms with E-state index < -0.39 is 0 Å². The van der Waals surface area contributed by atoms with Crippen LogP contribution in [0.3, 0.4) is 0 Å². The molecular weight excluding hydrogens is 374 g/mol. The maximum atomic E-state index is 6.10. The highest BCUT2D eigenvalue weighted by Crippen LogP contribution is 2.15. The van der Waals surface area contributed by atoms with E-state index in [4.69, 9.17) is 16.3 Å². The number of guanidine groups is 1. The molecule has 1 N–H and O–H groups in total. The molecule has 0 saturated carbocycles. The first kappa shape index (κ1) is 20.7. The molecule has 1 saturated heterocycles. The van der Waals surface area contributed by atoms with Crippen molar-refractivity contribution in [1.82, 2.24) is 19.7 Å². The first-order valence-electron chi connectivity index (χ1n) is 9.66. The second kappa shape index (κ2) is 9.96. The van der Waals surface area contributed by atoms with Gasteiger partial charge in [-0.15, -0.1) is 0 Å². The molecule has 0 spiro atoms. The van der Waals surface area contributed by atoms with Gasteiger partial charge in [-0.3, -0.25) is 9.89 Å². The Kier molecular flexibility index (Phi) is 7.36. The second-order valence-corrected chi connectivity index (χ2v) is 7.61. The lowest BCUT2D eigenvalue weighted by molar-refractivity contribution is 0.0341. The van der Waals surface area contributed by atoms with Crippen molar-refractivity contribution < 1.29 is 4.74 Å². The third kappa shape index (κ3) is 5.50. The van der Waals surface area contributed by atoms with Crippen LogP contribution in [0.1, 0.15) is 16.8 Å². The van der Waals surface area contributed by atoms with Gasteiger partial charge in [-0.1, -0.05) is 35.9 Å². The number of ether oxygens (including phenoxy) is 1. The van der Waals surface area contributed by atoms with Crippen LogP contribution in [0.4, 0.5) is 0 Å². The summed E-state index contributed by atoms with van der Waals surface area (Å²) >= 11 is 6.10. The van der Waals surface area contributed by atoms with Gasteiger partial charge in [0.05, 0.1) is 24.8 Å². The standard InChI is InChI=1S/C21H30ClN5O/c1-23-21(26(3)16-20-12-19(22)15-25(20)2)24-13-17-6-4-5-7-18(17)14-27-8-10-28-11-9-27/h4-7,12,15H,8-11,13-14,16H2,1-3H3,(H,23,24). The summed E-state index contributed by atoms with van der Waals surface area (Å²) in [7, 11) is 5.86. The van der Waals surface area contributed by atoms with Crippen LogP contribution in [-0.2, 0) is 31.4 Å². The van der Waals surface area contributed by atoms with E-state index in [1.807, 2.05) is 38.0 Å². The van der Waals surface area contributed by atoms with Crippen molar-refractivity contribution in [3.05, 3.63) is 58.4 Å². The number of aliphatic imine (C=N–C) groups is 1. The normalized spacial score (nSPS) is 15.6. The smallest absolute Gasteiger partial charge is 0.194 e. The topological polar surface area (TPSA) is 45.0 Å². The highest BCUT2D eigenvalue weighted by Gasteiger charge is 2.14. The Labute approximate surface area is 172 Å². The molecule has 0 bridgehead atoms. The van der Waals surface area contributed by atoms with Gasteiger partial charge in [0.1, 0.15) is 0 Å². The SMILES string of the molecule is CN=C(NCc1ccccc1CN1CCOCC1)N(C)Cc1cc(Cl)cn1C. The zero-order valence-electron chi connectivity index (χ0n) is 17.0. The number of nitrogens with one attached hydrogen (secondary N) is 1. The number of nitrogens with zero attached hydrogens (tertiary/aromatic N) is 4. The number of hydrogen-bond acceptors (Lipinski definition) is 3. The van der Waals surface area contributed by atoms with Gasteiger partial charge in [-0.05, 0) is 17.2 Å². The lowest BCUT2D eigenvalue weighted by Crippen LogP contribution is -2.39.